The summed E-state index contributed by atoms with van der Waals surface area (Å²) in [6.45, 7) is 3.32. The Hall–Kier alpha value is -3.35. The molecule has 3 aromatic rings. The van der Waals surface area contributed by atoms with Gasteiger partial charge in [-0.3, -0.25) is 9.36 Å². The third kappa shape index (κ3) is 4.79. The normalized spacial score (nSPS) is 17.6. The first kappa shape index (κ1) is 22.4. The van der Waals surface area contributed by atoms with Gasteiger partial charge in [-0.2, -0.15) is 0 Å². The second kappa shape index (κ2) is 9.87. The van der Waals surface area contributed by atoms with E-state index in [0.717, 1.165) is 48.2 Å². The molecule has 5 rings (SSSR count). The van der Waals surface area contributed by atoms with Crippen molar-refractivity contribution in [2.24, 2.45) is 0 Å². The van der Waals surface area contributed by atoms with E-state index in [2.05, 4.69) is 32.3 Å². The maximum atomic E-state index is 13.0. The number of aromatic nitrogens is 2. The number of hydrogen-bond donors (Lipinski definition) is 2. The average molecular weight is 460 g/mol. The van der Waals surface area contributed by atoms with Crippen LogP contribution in [0.4, 0.5) is 4.79 Å². The summed E-state index contributed by atoms with van der Waals surface area (Å²) in [6.07, 6.45) is 7.41. The molecule has 0 unspecified atom stereocenters. The lowest BCUT2D eigenvalue weighted by Gasteiger charge is -2.34. The summed E-state index contributed by atoms with van der Waals surface area (Å²) in [6, 6.07) is 16.3. The maximum Gasteiger partial charge on any atom is 0.317 e. The van der Waals surface area contributed by atoms with Crippen LogP contribution in [-0.2, 0) is 0 Å². The van der Waals surface area contributed by atoms with Crippen LogP contribution in [0.2, 0.25) is 0 Å². The van der Waals surface area contributed by atoms with Crippen LogP contribution in [-0.4, -0.2) is 51.6 Å². The molecule has 2 aromatic carbocycles. The lowest BCUT2D eigenvalue weighted by Crippen LogP contribution is -2.51. The van der Waals surface area contributed by atoms with E-state index in [1.807, 2.05) is 48.2 Å². The SMILES string of the molecule is Cc1nc2cc(C(=O)NC3CCN(C(=O)NC4CCCCC4)CC3)ccc2n1-c1ccccc1. The number of amides is 3. The van der Waals surface area contributed by atoms with Crippen LogP contribution in [0.25, 0.3) is 16.7 Å². The zero-order valence-electron chi connectivity index (χ0n) is 19.8. The van der Waals surface area contributed by atoms with Crippen molar-refractivity contribution in [3.8, 4) is 5.69 Å². The quantitative estimate of drug-likeness (QED) is 0.600. The molecule has 0 bridgehead atoms. The smallest absolute Gasteiger partial charge is 0.317 e. The molecular weight excluding hydrogens is 426 g/mol. The van der Waals surface area contributed by atoms with E-state index in [1.165, 1.54) is 19.3 Å². The van der Waals surface area contributed by atoms with Crippen LogP contribution in [0.5, 0.6) is 0 Å². The fraction of sp³-hybridized carbons (Fsp3) is 0.444. The molecule has 2 heterocycles. The summed E-state index contributed by atoms with van der Waals surface area (Å²) < 4.78 is 2.10. The highest BCUT2D eigenvalue weighted by Crippen LogP contribution is 2.23. The number of likely N-dealkylation sites (tertiary alicyclic amines) is 1. The molecule has 178 valence electrons. The fourth-order valence-corrected chi connectivity index (χ4v) is 5.25. The summed E-state index contributed by atoms with van der Waals surface area (Å²) in [5, 5.41) is 6.36. The van der Waals surface area contributed by atoms with E-state index >= 15 is 0 Å². The Balaban J connectivity index is 1.19. The minimum absolute atomic E-state index is 0.0477. The lowest BCUT2D eigenvalue weighted by atomic mass is 9.95. The van der Waals surface area contributed by atoms with Gasteiger partial charge in [-0.25, -0.2) is 9.78 Å². The summed E-state index contributed by atoms with van der Waals surface area (Å²) in [5.41, 5.74) is 3.46. The minimum atomic E-state index is -0.0843. The molecule has 1 saturated carbocycles. The predicted octanol–water partition coefficient (Wildman–Crippen LogP) is 4.57. The predicted molar refractivity (Wildman–Crippen MR) is 133 cm³/mol. The summed E-state index contributed by atoms with van der Waals surface area (Å²) in [7, 11) is 0. The minimum Gasteiger partial charge on any atom is -0.349 e. The van der Waals surface area contributed by atoms with Gasteiger partial charge in [0.2, 0.25) is 0 Å². The highest BCUT2D eigenvalue weighted by atomic mass is 16.2. The van der Waals surface area contributed by atoms with E-state index in [9.17, 15) is 9.59 Å². The Morgan fingerprint density at radius 1 is 0.882 bits per heavy atom. The van der Waals surface area contributed by atoms with Crippen molar-refractivity contribution in [3.63, 3.8) is 0 Å². The monoisotopic (exact) mass is 459 g/mol. The molecule has 34 heavy (non-hydrogen) atoms. The Labute approximate surface area is 200 Å². The Morgan fingerprint density at radius 3 is 2.32 bits per heavy atom. The molecular formula is C27H33N5O2. The van der Waals surface area contributed by atoms with Gasteiger partial charge >= 0.3 is 6.03 Å². The van der Waals surface area contributed by atoms with Gasteiger partial charge < -0.3 is 15.5 Å². The van der Waals surface area contributed by atoms with Crippen molar-refractivity contribution in [1.82, 2.24) is 25.1 Å². The molecule has 1 saturated heterocycles. The average Bonchev–Trinajstić information content (AvgIpc) is 3.20. The molecule has 3 amide bonds. The molecule has 2 aliphatic rings. The first-order valence-corrected chi connectivity index (χ1v) is 12.5. The van der Waals surface area contributed by atoms with Crippen LogP contribution in [0.3, 0.4) is 0 Å². The molecule has 1 aliphatic carbocycles. The number of carbonyl (C=O) groups excluding carboxylic acids is 2. The number of para-hydroxylation sites is 1. The highest BCUT2D eigenvalue weighted by Gasteiger charge is 2.26. The van der Waals surface area contributed by atoms with Gasteiger partial charge in [0.25, 0.3) is 5.91 Å². The number of benzene rings is 2. The third-order valence-corrected chi connectivity index (χ3v) is 7.15. The number of rotatable bonds is 4. The topological polar surface area (TPSA) is 79.3 Å². The van der Waals surface area contributed by atoms with E-state index < -0.39 is 0 Å². The molecule has 1 aromatic heterocycles. The van der Waals surface area contributed by atoms with Gasteiger partial charge in [0.1, 0.15) is 5.82 Å². The number of imidazole rings is 1. The fourth-order valence-electron chi connectivity index (χ4n) is 5.25. The number of piperidine rings is 1. The lowest BCUT2D eigenvalue weighted by molar-refractivity contribution is 0.0917. The molecule has 7 heteroatoms. The van der Waals surface area contributed by atoms with E-state index in [4.69, 9.17) is 0 Å². The number of nitrogens with zero attached hydrogens (tertiary/aromatic N) is 3. The molecule has 7 nitrogen and oxygen atoms in total. The molecule has 0 atom stereocenters. The van der Waals surface area contributed by atoms with Crippen LogP contribution in [0.15, 0.2) is 48.5 Å². The van der Waals surface area contributed by atoms with Gasteiger partial charge in [0.05, 0.1) is 11.0 Å². The summed E-state index contributed by atoms with van der Waals surface area (Å²) >= 11 is 0. The maximum absolute atomic E-state index is 13.0. The van der Waals surface area contributed by atoms with Crippen molar-refractivity contribution in [2.45, 2.75) is 64.0 Å². The van der Waals surface area contributed by atoms with Crippen molar-refractivity contribution >= 4 is 23.0 Å². The molecule has 1 aliphatic heterocycles. The number of urea groups is 1. The zero-order valence-corrected chi connectivity index (χ0v) is 19.8. The van der Waals surface area contributed by atoms with Crippen molar-refractivity contribution in [3.05, 3.63) is 59.9 Å². The molecule has 2 fully saturated rings. The Morgan fingerprint density at radius 2 is 1.59 bits per heavy atom. The van der Waals surface area contributed by atoms with Crippen molar-refractivity contribution < 1.29 is 9.59 Å². The summed E-state index contributed by atoms with van der Waals surface area (Å²) in [5.74, 6) is 0.802. The van der Waals surface area contributed by atoms with E-state index in [0.29, 0.717) is 24.7 Å². The van der Waals surface area contributed by atoms with Crippen LogP contribution >= 0.6 is 0 Å². The number of fused-ring (bicyclic) bond motifs is 1. The Bertz CT molecular complexity index is 1160. The number of nitrogens with one attached hydrogen (secondary N) is 2. The van der Waals surface area contributed by atoms with Crippen LogP contribution < -0.4 is 10.6 Å². The first-order chi connectivity index (χ1) is 16.6. The number of hydrogen-bond acceptors (Lipinski definition) is 3. The highest BCUT2D eigenvalue weighted by molar-refractivity contribution is 5.97. The Kier molecular flexibility index (Phi) is 6.52. The van der Waals surface area contributed by atoms with Crippen molar-refractivity contribution in [2.75, 3.05) is 13.1 Å². The zero-order chi connectivity index (χ0) is 23.5. The van der Waals surface area contributed by atoms with Crippen molar-refractivity contribution in [1.29, 1.82) is 0 Å². The number of carbonyl (C=O) groups is 2. The van der Waals surface area contributed by atoms with E-state index in [1.54, 1.807) is 0 Å². The standard InChI is InChI=1S/C27H33N5O2/c1-19-28-24-18-20(12-13-25(24)32(19)23-10-6-3-7-11-23)26(33)29-22-14-16-31(17-15-22)27(34)30-21-8-4-2-5-9-21/h3,6-7,10-13,18,21-22H,2,4-5,8-9,14-17H2,1H3,(H,29,33)(H,30,34). The number of aryl methyl sites for hydroxylation is 1. The largest absolute Gasteiger partial charge is 0.349 e. The second-order valence-electron chi connectivity index (χ2n) is 9.55. The van der Waals surface area contributed by atoms with Gasteiger partial charge in [-0.05, 0) is 62.9 Å². The van der Waals surface area contributed by atoms with Crippen LogP contribution in [0.1, 0.15) is 61.1 Å². The molecule has 0 spiro atoms. The van der Waals surface area contributed by atoms with Gasteiger partial charge in [-0.1, -0.05) is 37.5 Å². The van der Waals surface area contributed by atoms with Gasteiger partial charge in [0, 0.05) is 36.4 Å². The molecule has 2 N–H and O–H groups in total. The summed E-state index contributed by atoms with van der Waals surface area (Å²) in [4.78, 5) is 32.1. The molecule has 0 radical (unpaired) electrons. The third-order valence-electron chi connectivity index (χ3n) is 7.15. The first-order valence-electron chi connectivity index (χ1n) is 12.5. The second-order valence-corrected chi connectivity index (χ2v) is 9.55. The van der Waals surface area contributed by atoms with Crippen LogP contribution in [0, 0.1) is 6.92 Å². The van der Waals surface area contributed by atoms with Gasteiger partial charge in [-0.15, -0.1) is 0 Å². The van der Waals surface area contributed by atoms with E-state index in [-0.39, 0.29) is 18.0 Å². The van der Waals surface area contributed by atoms with Gasteiger partial charge in [0.15, 0.2) is 0 Å².